The Bertz CT molecular complexity index is 4400. The minimum Gasteiger partial charge on any atom is -0.457 e. The predicted molar refractivity (Wildman–Crippen MR) is 342 cm³/mol. The molecule has 0 spiro atoms. The molecule has 0 fully saturated rings. The zero-order valence-corrected chi connectivity index (χ0v) is 48.3. The van der Waals surface area contributed by atoms with Gasteiger partial charge >= 0.3 is 0 Å². The largest absolute Gasteiger partial charge is 0.457 e. The van der Waals surface area contributed by atoms with Crippen LogP contribution in [0.5, 0.6) is 11.5 Å². The van der Waals surface area contributed by atoms with E-state index in [1.807, 2.05) is 47.0 Å². The Morgan fingerprint density at radius 2 is 1.07 bits per heavy atom. The van der Waals surface area contributed by atoms with Crippen molar-refractivity contribution in [2.75, 3.05) is 16.5 Å². The van der Waals surface area contributed by atoms with Crippen molar-refractivity contribution in [3.63, 3.8) is 0 Å². The first-order valence-corrected chi connectivity index (χ1v) is 28.6. The summed E-state index contributed by atoms with van der Waals surface area (Å²) in [5.41, 5.74) is 19.5. The van der Waals surface area contributed by atoms with Crippen LogP contribution in [-0.4, -0.2) is 16.2 Å². The smallest absolute Gasteiger partial charge is 0.137 e. The molecule has 0 N–H and O–H groups in total. The van der Waals surface area contributed by atoms with E-state index in [0.717, 1.165) is 74.5 Å². The van der Waals surface area contributed by atoms with Crippen LogP contribution in [0.25, 0.3) is 72.1 Å². The lowest BCUT2D eigenvalue weighted by Gasteiger charge is -2.42. The molecule has 5 heteroatoms. The number of ether oxygens (including phenoxy) is 1. The van der Waals surface area contributed by atoms with Crippen LogP contribution < -0.4 is 14.5 Å². The molecule has 0 unspecified atom stereocenters. The first-order chi connectivity index (χ1) is 40.5. The molecule has 9 aromatic carbocycles. The van der Waals surface area contributed by atoms with Crippen LogP contribution in [0.3, 0.4) is 0 Å². The van der Waals surface area contributed by atoms with Gasteiger partial charge in [-0.2, -0.15) is 0 Å². The Morgan fingerprint density at radius 3 is 1.75 bits per heavy atom. The average molecular weight is 1060 g/mol. The van der Waals surface area contributed by atoms with Crippen LogP contribution in [0, 0.1) is 0 Å². The number of benzene rings is 9. The molecule has 0 bridgehead atoms. The number of aromatic nitrogens is 2. The second-order valence-corrected chi connectivity index (χ2v) is 25.7. The molecule has 0 amide bonds. The third kappa shape index (κ3) is 9.46. The highest BCUT2D eigenvalue weighted by atomic mass is 16.5. The topological polar surface area (TPSA) is 33.5 Å². The number of hydrogen-bond acceptors (Lipinski definition) is 4. The van der Waals surface area contributed by atoms with Gasteiger partial charge in [-0.3, -0.25) is 4.57 Å². The molecule has 3 heterocycles. The first kappa shape index (κ1) is 47.2. The van der Waals surface area contributed by atoms with E-state index < -0.39 is 0 Å². The lowest BCUT2D eigenvalue weighted by molar-refractivity contribution is 0.332. The average Bonchev–Trinajstić information content (AvgIpc) is 2.67. The lowest BCUT2D eigenvalue weighted by Crippen LogP contribution is -2.33. The number of rotatable bonds is 9. The summed E-state index contributed by atoms with van der Waals surface area (Å²) in [6.07, 6.45) is 4.03. The van der Waals surface area contributed by atoms with E-state index in [2.05, 4.69) is 225 Å². The maximum Gasteiger partial charge on any atom is 0.137 e. The molecule has 11 aromatic rings. The summed E-state index contributed by atoms with van der Waals surface area (Å²) >= 11 is 0. The van der Waals surface area contributed by atoms with Crippen molar-refractivity contribution in [3.05, 3.63) is 241 Å². The second-order valence-electron chi connectivity index (χ2n) is 25.7. The van der Waals surface area contributed by atoms with Crippen molar-refractivity contribution < 1.29 is 10.2 Å². The van der Waals surface area contributed by atoms with Crippen LogP contribution in [0.15, 0.2) is 218 Å². The zero-order valence-electron chi connectivity index (χ0n) is 52.3. The molecule has 0 saturated heterocycles. The van der Waals surface area contributed by atoms with Crippen molar-refractivity contribution >= 4 is 44.6 Å². The highest BCUT2D eigenvalue weighted by Crippen LogP contribution is 2.54. The fourth-order valence-electron chi connectivity index (χ4n) is 12.4. The Balaban J connectivity index is 0.975. The number of nitrogens with zero attached hydrogens (tertiary/aromatic N) is 4. The van der Waals surface area contributed by atoms with Gasteiger partial charge in [0.25, 0.3) is 0 Å². The van der Waals surface area contributed by atoms with Crippen LogP contribution >= 0.6 is 0 Å². The van der Waals surface area contributed by atoms with Crippen molar-refractivity contribution in [1.29, 1.82) is 0 Å². The van der Waals surface area contributed by atoms with E-state index in [0.29, 0.717) is 45.8 Å². The zero-order chi connectivity index (χ0) is 59.5. The van der Waals surface area contributed by atoms with Gasteiger partial charge in [0.2, 0.25) is 0 Å². The van der Waals surface area contributed by atoms with Gasteiger partial charge in [0.05, 0.1) is 33.6 Å². The Labute approximate surface area is 484 Å². The summed E-state index contributed by atoms with van der Waals surface area (Å²) in [5, 5.41) is 1.12. The predicted octanol–water partition coefficient (Wildman–Crippen LogP) is 20.8. The molecule has 5 nitrogen and oxygen atoms in total. The minimum absolute atomic E-state index is 0.000839. The fourth-order valence-corrected chi connectivity index (χ4v) is 12.4. The molecule has 2 aromatic heterocycles. The van der Waals surface area contributed by atoms with E-state index in [1.165, 1.54) is 27.8 Å². The van der Waals surface area contributed by atoms with Crippen molar-refractivity contribution in [3.8, 4) is 61.8 Å². The Morgan fingerprint density at radius 1 is 0.469 bits per heavy atom. The molecule has 0 atom stereocenters. The van der Waals surface area contributed by atoms with Crippen LogP contribution in [0.1, 0.15) is 110 Å². The van der Waals surface area contributed by atoms with Crippen LogP contribution in [0.2, 0.25) is 0 Å². The van der Waals surface area contributed by atoms with E-state index in [1.54, 1.807) is 6.20 Å². The minimum atomic E-state index is -0.292. The summed E-state index contributed by atoms with van der Waals surface area (Å²) in [6.45, 7) is 23.6. The summed E-state index contributed by atoms with van der Waals surface area (Å²) in [5.74, 6) is 1.75. The summed E-state index contributed by atoms with van der Waals surface area (Å²) in [7, 11) is 0. The van der Waals surface area contributed by atoms with Gasteiger partial charge in [0.15, 0.2) is 0 Å². The maximum absolute atomic E-state index is 9.19. The SMILES string of the molecule is [2H]c1c([2H])c([2H])c2c(c1[2H])c1ccc(Oc3cccc(N4CN(c5c(-c6cc(-c7ccccc7)cc(-c7ccccc7)c6)cc(C(C)(C)C)cc5-c5ccc6c(c5)C(C)(C)CCC6(C)C)c5ccccc54)c3)cc1n2-c1cc(C(C)(C)C)ccn1. The number of anilines is 4. The maximum atomic E-state index is 9.19. The van der Waals surface area contributed by atoms with Gasteiger partial charge in [0, 0.05) is 45.9 Å². The van der Waals surface area contributed by atoms with Crippen molar-refractivity contribution in [2.24, 2.45) is 0 Å². The molecule has 0 radical (unpaired) electrons. The number of hydrogen-bond donors (Lipinski definition) is 0. The molecule has 402 valence electrons. The molecule has 1 aliphatic carbocycles. The van der Waals surface area contributed by atoms with Gasteiger partial charge in [-0.25, -0.2) is 4.98 Å². The number of fused-ring (bicyclic) bond motifs is 5. The third-order valence-corrected chi connectivity index (χ3v) is 17.2. The normalized spacial score (nSPS) is 15.5. The monoisotopic (exact) mass is 1060 g/mol. The van der Waals surface area contributed by atoms with Gasteiger partial charge in [-0.1, -0.05) is 184 Å². The Hall–Kier alpha value is -8.67. The van der Waals surface area contributed by atoms with Crippen LogP contribution in [0.4, 0.5) is 22.7 Å². The van der Waals surface area contributed by atoms with Crippen LogP contribution in [-0.2, 0) is 21.7 Å². The highest BCUT2D eigenvalue weighted by Gasteiger charge is 2.38. The third-order valence-electron chi connectivity index (χ3n) is 17.2. The summed E-state index contributed by atoms with van der Waals surface area (Å²) in [6, 6.07) is 66.9. The van der Waals surface area contributed by atoms with E-state index in [9.17, 15) is 1.37 Å². The summed E-state index contributed by atoms with van der Waals surface area (Å²) in [4.78, 5) is 9.74. The molecule has 81 heavy (non-hydrogen) atoms. The standard InChI is InChI=1S/C76H72N4O/c1-73(2,3)56-36-39-77-71(46-56)80-67-29-18-17-28-61(67)62-34-33-60(48-70(62)80)81-59-27-21-26-58(47-59)78-49-79(69-31-20-19-30-68(69)78)72-63(52-32-35-65-66(43-52)76(9,10)38-37-75(65,7)8)44-57(74(4,5)6)45-64(72)55-41-53(50-22-13-11-14-23-50)40-54(42-55)51-24-15-12-16-25-51/h11-36,39-48H,37-38,49H2,1-10H3/i17D,18D,28D,29D. The fraction of sp³-hybridized carbons (Fsp3) is 0.224. The second kappa shape index (κ2) is 19.6. The Kier molecular flexibility index (Phi) is 11.4. The van der Waals surface area contributed by atoms with E-state index >= 15 is 0 Å². The highest BCUT2D eigenvalue weighted by molar-refractivity contribution is 6.09. The molecule has 13 rings (SSSR count). The molecule has 2 aliphatic rings. The van der Waals surface area contributed by atoms with Gasteiger partial charge < -0.3 is 14.5 Å². The lowest BCUT2D eigenvalue weighted by atomic mass is 9.63. The number of para-hydroxylation sites is 3. The molecule has 1 aliphatic heterocycles. The molecule has 0 saturated carbocycles. The van der Waals surface area contributed by atoms with Crippen molar-refractivity contribution in [1.82, 2.24) is 9.55 Å². The molecular formula is C76H72N4O. The van der Waals surface area contributed by atoms with Crippen molar-refractivity contribution in [2.45, 2.75) is 104 Å². The van der Waals surface area contributed by atoms with Gasteiger partial charge in [-0.15, -0.1) is 0 Å². The van der Waals surface area contributed by atoms with Gasteiger partial charge in [0.1, 0.15) is 24.0 Å². The van der Waals surface area contributed by atoms with Gasteiger partial charge in [-0.05, 0) is 175 Å². The summed E-state index contributed by atoms with van der Waals surface area (Å²) < 4.78 is 44.4. The molecular weight excluding hydrogens is 985 g/mol. The van der Waals surface area contributed by atoms with E-state index in [-0.39, 0.29) is 45.8 Å². The number of pyridine rings is 1. The first-order valence-electron chi connectivity index (χ1n) is 30.6. The van der Waals surface area contributed by atoms with E-state index in [4.69, 9.17) is 13.8 Å². The quantitative estimate of drug-likeness (QED) is 0.144.